The molecule has 1 aromatic rings. The summed E-state index contributed by atoms with van der Waals surface area (Å²) in [5.41, 5.74) is 0.353. The van der Waals surface area contributed by atoms with Crippen LogP contribution in [0.1, 0.15) is 13.3 Å². The predicted octanol–water partition coefficient (Wildman–Crippen LogP) is 2.29. The fourth-order valence-electron chi connectivity index (χ4n) is 2.04. The molecule has 1 aromatic carbocycles. The first kappa shape index (κ1) is 13.2. The van der Waals surface area contributed by atoms with Gasteiger partial charge in [0.1, 0.15) is 5.75 Å². The first-order valence-corrected chi connectivity index (χ1v) is 6.29. The standard InChI is InChI=1S/C13H17ClN2O2/c1-13(5-6-15-8-13)12(17)16-9-3-4-11(18-2)10(14)7-9/h3-4,7,15H,5-6,8H2,1-2H3,(H,16,17). The van der Waals surface area contributed by atoms with Crippen LogP contribution in [-0.4, -0.2) is 26.1 Å². The van der Waals surface area contributed by atoms with Gasteiger partial charge in [-0.1, -0.05) is 11.6 Å². The van der Waals surface area contributed by atoms with E-state index in [0.717, 1.165) is 13.0 Å². The Labute approximate surface area is 112 Å². The van der Waals surface area contributed by atoms with Gasteiger partial charge in [-0.05, 0) is 38.1 Å². The van der Waals surface area contributed by atoms with E-state index in [1.807, 2.05) is 6.92 Å². The molecule has 1 heterocycles. The van der Waals surface area contributed by atoms with Crippen molar-refractivity contribution < 1.29 is 9.53 Å². The van der Waals surface area contributed by atoms with Crippen LogP contribution in [0.3, 0.4) is 0 Å². The van der Waals surface area contributed by atoms with Crippen LogP contribution in [0.15, 0.2) is 18.2 Å². The number of carbonyl (C=O) groups is 1. The summed E-state index contributed by atoms with van der Waals surface area (Å²) in [6.07, 6.45) is 0.850. The Balaban J connectivity index is 2.09. The lowest BCUT2D eigenvalue weighted by atomic mass is 9.89. The number of carbonyl (C=O) groups excluding carboxylic acids is 1. The average Bonchev–Trinajstić information content (AvgIpc) is 2.78. The molecule has 0 saturated carbocycles. The van der Waals surface area contributed by atoms with Crippen LogP contribution in [0.25, 0.3) is 0 Å². The van der Waals surface area contributed by atoms with Crippen molar-refractivity contribution in [3.8, 4) is 5.75 Å². The highest BCUT2D eigenvalue weighted by Crippen LogP contribution is 2.30. The fraction of sp³-hybridized carbons (Fsp3) is 0.462. The van der Waals surface area contributed by atoms with Crippen LogP contribution in [0.5, 0.6) is 5.75 Å². The summed E-state index contributed by atoms with van der Waals surface area (Å²) in [4.78, 5) is 12.2. The predicted molar refractivity (Wildman–Crippen MR) is 72.2 cm³/mol. The molecule has 1 unspecified atom stereocenters. The molecule has 0 aliphatic carbocycles. The SMILES string of the molecule is COc1ccc(NC(=O)C2(C)CCNC2)cc1Cl. The molecular weight excluding hydrogens is 252 g/mol. The van der Waals surface area contributed by atoms with Crippen molar-refractivity contribution >= 4 is 23.2 Å². The molecule has 1 aliphatic heterocycles. The molecule has 0 spiro atoms. The number of ether oxygens (including phenoxy) is 1. The second-order valence-corrected chi connectivity index (χ2v) is 5.20. The smallest absolute Gasteiger partial charge is 0.231 e. The highest BCUT2D eigenvalue weighted by molar-refractivity contribution is 6.32. The molecule has 4 nitrogen and oxygen atoms in total. The Morgan fingerprint density at radius 2 is 2.33 bits per heavy atom. The largest absolute Gasteiger partial charge is 0.495 e. The number of benzene rings is 1. The van der Waals surface area contributed by atoms with E-state index in [-0.39, 0.29) is 11.3 Å². The van der Waals surface area contributed by atoms with Gasteiger partial charge in [0.05, 0.1) is 17.5 Å². The number of rotatable bonds is 3. The second kappa shape index (κ2) is 5.16. The van der Waals surface area contributed by atoms with Crippen molar-refractivity contribution in [3.05, 3.63) is 23.2 Å². The summed E-state index contributed by atoms with van der Waals surface area (Å²) in [7, 11) is 1.56. The average molecular weight is 269 g/mol. The van der Waals surface area contributed by atoms with Gasteiger partial charge < -0.3 is 15.4 Å². The van der Waals surface area contributed by atoms with Crippen molar-refractivity contribution in [2.45, 2.75) is 13.3 Å². The van der Waals surface area contributed by atoms with E-state index in [0.29, 0.717) is 23.0 Å². The number of hydrogen-bond acceptors (Lipinski definition) is 3. The summed E-state index contributed by atoms with van der Waals surface area (Å²) in [6, 6.07) is 5.23. The van der Waals surface area contributed by atoms with Crippen LogP contribution >= 0.6 is 11.6 Å². The number of anilines is 1. The third kappa shape index (κ3) is 2.60. The summed E-state index contributed by atoms with van der Waals surface area (Å²) >= 11 is 6.02. The molecule has 1 atom stereocenters. The van der Waals surface area contributed by atoms with Gasteiger partial charge in [-0.2, -0.15) is 0 Å². The molecule has 5 heteroatoms. The molecule has 1 amide bonds. The highest BCUT2D eigenvalue weighted by atomic mass is 35.5. The Hall–Kier alpha value is -1.26. The third-order valence-corrected chi connectivity index (χ3v) is 3.62. The summed E-state index contributed by atoms with van der Waals surface area (Å²) in [5, 5.41) is 6.59. The Morgan fingerprint density at radius 3 is 2.89 bits per heavy atom. The van der Waals surface area contributed by atoms with Crippen LogP contribution in [0.4, 0.5) is 5.69 Å². The fourth-order valence-corrected chi connectivity index (χ4v) is 2.29. The zero-order valence-corrected chi connectivity index (χ0v) is 11.3. The molecule has 1 aliphatic rings. The van der Waals surface area contributed by atoms with Crippen molar-refractivity contribution in [1.82, 2.24) is 5.32 Å². The molecule has 2 rings (SSSR count). The number of halogens is 1. The Bertz CT molecular complexity index is 456. The Morgan fingerprint density at radius 1 is 1.56 bits per heavy atom. The van der Waals surface area contributed by atoms with Crippen molar-refractivity contribution in [3.63, 3.8) is 0 Å². The van der Waals surface area contributed by atoms with Crippen LogP contribution in [0.2, 0.25) is 5.02 Å². The van der Waals surface area contributed by atoms with E-state index in [2.05, 4.69) is 10.6 Å². The first-order valence-electron chi connectivity index (χ1n) is 5.91. The lowest BCUT2D eigenvalue weighted by Gasteiger charge is -2.21. The van der Waals surface area contributed by atoms with Crippen LogP contribution in [0, 0.1) is 5.41 Å². The normalized spacial score (nSPS) is 22.8. The molecule has 2 N–H and O–H groups in total. The molecule has 0 radical (unpaired) electrons. The molecule has 98 valence electrons. The maximum Gasteiger partial charge on any atom is 0.231 e. The van der Waals surface area contributed by atoms with E-state index in [1.165, 1.54) is 0 Å². The monoisotopic (exact) mass is 268 g/mol. The minimum Gasteiger partial charge on any atom is -0.495 e. The van der Waals surface area contributed by atoms with E-state index in [1.54, 1.807) is 25.3 Å². The zero-order chi connectivity index (χ0) is 13.2. The Kier molecular flexibility index (Phi) is 3.78. The maximum atomic E-state index is 12.2. The molecule has 1 saturated heterocycles. The number of nitrogens with one attached hydrogen (secondary N) is 2. The maximum absolute atomic E-state index is 12.2. The number of amides is 1. The molecule has 18 heavy (non-hydrogen) atoms. The van der Waals surface area contributed by atoms with Gasteiger partial charge in [-0.25, -0.2) is 0 Å². The topological polar surface area (TPSA) is 50.4 Å². The van der Waals surface area contributed by atoms with E-state index >= 15 is 0 Å². The van der Waals surface area contributed by atoms with Gasteiger partial charge >= 0.3 is 0 Å². The summed E-state index contributed by atoms with van der Waals surface area (Å²) in [5.74, 6) is 0.622. The molecule has 0 aromatic heterocycles. The first-order chi connectivity index (χ1) is 8.55. The van der Waals surface area contributed by atoms with Crippen molar-refractivity contribution in [2.75, 3.05) is 25.5 Å². The van der Waals surface area contributed by atoms with Crippen molar-refractivity contribution in [2.24, 2.45) is 5.41 Å². The highest BCUT2D eigenvalue weighted by Gasteiger charge is 2.36. The summed E-state index contributed by atoms with van der Waals surface area (Å²) in [6.45, 7) is 3.56. The van der Waals surface area contributed by atoms with Gasteiger partial charge in [-0.3, -0.25) is 4.79 Å². The van der Waals surface area contributed by atoms with E-state index < -0.39 is 0 Å². The van der Waals surface area contributed by atoms with Crippen LogP contribution < -0.4 is 15.4 Å². The van der Waals surface area contributed by atoms with Gasteiger partial charge in [0, 0.05) is 12.2 Å². The van der Waals surface area contributed by atoms with E-state index in [4.69, 9.17) is 16.3 Å². The number of methoxy groups -OCH3 is 1. The van der Waals surface area contributed by atoms with Gasteiger partial charge in [0.15, 0.2) is 0 Å². The van der Waals surface area contributed by atoms with Gasteiger partial charge in [-0.15, -0.1) is 0 Å². The van der Waals surface area contributed by atoms with Crippen LogP contribution in [-0.2, 0) is 4.79 Å². The minimum absolute atomic E-state index is 0.0220. The lowest BCUT2D eigenvalue weighted by Crippen LogP contribution is -2.35. The van der Waals surface area contributed by atoms with E-state index in [9.17, 15) is 4.79 Å². The lowest BCUT2D eigenvalue weighted by molar-refractivity contribution is -0.123. The minimum atomic E-state index is -0.341. The summed E-state index contributed by atoms with van der Waals surface area (Å²) < 4.78 is 5.07. The molecule has 1 fully saturated rings. The molecule has 0 bridgehead atoms. The third-order valence-electron chi connectivity index (χ3n) is 3.33. The number of hydrogen-bond donors (Lipinski definition) is 2. The molecular formula is C13H17ClN2O2. The zero-order valence-electron chi connectivity index (χ0n) is 10.5. The van der Waals surface area contributed by atoms with Crippen molar-refractivity contribution in [1.29, 1.82) is 0 Å². The van der Waals surface area contributed by atoms with Gasteiger partial charge in [0.25, 0.3) is 0 Å². The van der Waals surface area contributed by atoms with Gasteiger partial charge in [0.2, 0.25) is 5.91 Å². The quantitative estimate of drug-likeness (QED) is 0.884. The second-order valence-electron chi connectivity index (χ2n) is 4.79.